The minimum atomic E-state index is 0.0161. The Labute approximate surface area is 172 Å². The lowest BCUT2D eigenvalue weighted by Crippen LogP contribution is -2.45. The Hall–Kier alpha value is -2.73. The summed E-state index contributed by atoms with van der Waals surface area (Å²) < 4.78 is 11.5. The summed E-state index contributed by atoms with van der Waals surface area (Å²) in [7, 11) is 0. The molecule has 6 heteroatoms. The molecule has 1 saturated heterocycles. The van der Waals surface area contributed by atoms with Gasteiger partial charge in [-0.15, -0.1) is 0 Å². The number of hydrogen-bond donors (Lipinski definition) is 1. The molecule has 0 bridgehead atoms. The van der Waals surface area contributed by atoms with Gasteiger partial charge in [-0.25, -0.2) is 0 Å². The molecule has 154 valence electrons. The molecule has 2 aliphatic rings. The summed E-state index contributed by atoms with van der Waals surface area (Å²) in [5.41, 5.74) is 4.01. The number of nitrogens with one attached hydrogen (secondary N) is 1. The smallest absolute Gasteiger partial charge is 0.265 e. The maximum Gasteiger partial charge on any atom is 0.265 e. The Morgan fingerprint density at radius 1 is 1.03 bits per heavy atom. The zero-order valence-electron chi connectivity index (χ0n) is 17.4. The van der Waals surface area contributed by atoms with E-state index in [2.05, 4.69) is 55.3 Å². The summed E-state index contributed by atoms with van der Waals surface area (Å²) in [6, 6.07) is 14.4. The molecule has 4 rings (SSSR count). The van der Waals surface area contributed by atoms with Crippen LogP contribution in [0.2, 0.25) is 0 Å². The van der Waals surface area contributed by atoms with Crippen molar-refractivity contribution in [3.05, 3.63) is 42.5 Å². The Morgan fingerprint density at radius 3 is 2.41 bits per heavy atom. The van der Waals surface area contributed by atoms with E-state index in [9.17, 15) is 4.79 Å². The molecule has 2 aromatic carbocycles. The van der Waals surface area contributed by atoms with Crippen LogP contribution in [0.4, 0.5) is 22.7 Å². The van der Waals surface area contributed by atoms with Crippen LogP contribution in [0.5, 0.6) is 5.75 Å². The van der Waals surface area contributed by atoms with Gasteiger partial charge in [-0.2, -0.15) is 0 Å². The van der Waals surface area contributed by atoms with Crippen LogP contribution in [0.1, 0.15) is 27.2 Å². The van der Waals surface area contributed by atoms with Crippen LogP contribution in [0, 0.1) is 0 Å². The van der Waals surface area contributed by atoms with Gasteiger partial charge in [0.1, 0.15) is 5.75 Å². The van der Waals surface area contributed by atoms with Gasteiger partial charge in [-0.05, 0) is 56.7 Å². The van der Waals surface area contributed by atoms with Crippen LogP contribution in [-0.4, -0.2) is 44.4 Å². The van der Waals surface area contributed by atoms with Crippen molar-refractivity contribution in [2.75, 3.05) is 41.4 Å². The van der Waals surface area contributed by atoms with Crippen molar-refractivity contribution < 1.29 is 14.3 Å². The molecule has 0 spiro atoms. The predicted molar refractivity (Wildman–Crippen MR) is 117 cm³/mol. The van der Waals surface area contributed by atoms with E-state index in [1.165, 1.54) is 5.69 Å². The first-order valence-corrected chi connectivity index (χ1v) is 10.4. The number of benzene rings is 2. The molecule has 1 N–H and O–H groups in total. The monoisotopic (exact) mass is 395 g/mol. The summed E-state index contributed by atoms with van der Waals surface area (Å²) >= 11 is 0. The lowest BCUT2D eigenvalue weighted by molar-refractivity contribution is -0.121. The van der Waals surface area contributed by atoms with Crippen molar-refractivity contribution in [2.45, 2.75) is 39.4 Å². The number of fused-ring (bicyclic) bond motifs is 1. The average molecular weight is 396 g/mol. The van der Waals surface area contributed by atoms with Crippen LogP contribution < -0.4 is 19.9 Å². The molecule has 1 fully saturated rings. The fourth-order valence-corrected chi connectivity index (χ4v) is 4.06. The molecule has 2 unspecified atom stereocenters. The van der Waals surface area contributed by atoms with Crippen molar-refractivity contribution in [1.29, 1.82) is 0 Å². The first-order valence-electron chi connectivity index (χ1n) is 10.4. The summed E-state index contributed by atoms with van der Waals surface area (Å²) in [5, 5.41) is 3.43. The molecule has 2 atom stereocenters. The van der Waals surface area contributed by atoms with Crippen molar-refractivity contribution in [2.24, 2.45) is 0 Å². The van der Waals surface area contributed by atoms with Gasteiger partial charge in [0.15, 0.2) is 6.61 Å². The van der Waals surface area contributed by atoms with E-state index in [0.717, 1.165) is 42.3 Å². The molecule has 6 nitrogen and oxygen atoms in total. The van der Waals surface area contributed by atoms with Crippen molar-refractivity contribution >= 4 is 28.7 Å². The third-order valence-corrected chi connectivity index (χ3v) is 5.29. The normalized spacial score (nSPS) is 21.6. The number of rotatable bonds is 5. The van der Waals surface area contributed by atoms with Gasteiger partial charge in [0.25, 0.3) is 5.91 Å². The Balaban J connectivity index is 1.46. The van der Waals surface area contributed by atoms with E-state index in [1.807, 2.05) is 23.1 Å². The van der Waals surface area contributed by atoms with E-state index >= 15 is 0 Å². The summed E-state index contributed by atoms with van der Waals surface area (Å²) in [4.78, 5) is 16.3. The fourth-order valence-electron chi connectivity index (χ4n) is 4.06. The van der Waals surface area contributed by atoms with Gasteiger partial charge in [0.2, 0.25) is 0 Å². The highest BCUT2D eigenvalue weighted by Gasteiger charge is 2.25. The van der Waals surface area contributed by atoms with Gasteiger partial charge in [0.05, 0.1) is 17.9 Å². The van der Waals surface area contributed by atoms with Crippen molar-refractivity contribution in [3.63, 3.8) is 0 Å². The Bertz CT molecular complexity index is 858. The Kier molecular flexibility index (Phi) is 5.62. The SMILES string of the molecule is CCCN1C(=O)COc2cc(Nc3ccc(N4CC(C)OC(C)C4)cc3)ccc21. The second-order valence-electron chi connectivity index (χ2n) is 7.85. The Morgan fingerprint density at radius 2 is 1.72 bits per heavy atom. The van der Waals surface area contributed by atoms with Crippen molar-refractivity contribution in [1.82, 2.24) is 0 Å². The van der Waals surface area contributed by atoms with E-state index in [4.69, 9.17) is 9.47 Å². The van der Waals surface area contributed by atoms with E-state index in [-0.39, 0.29) is 24.7 Å². The maximum atomic E-state index is 12.1. The first kappa shape index (κ1) is 19.6. The molecule has 0 aliphatic carbocycles. The van der Waals surface area contributed by atoms with Crippen LogP contribution in [0.15, 0.2) is 42.5 Å². The largest absolute Gasteiger partial charge is 0.481 e. The zero-order chi connectivity index (χ0) is 20.4. The highest BCUT2D eigenvalue weighted by Crippen LogP contribution is 2.35. The van der Waals surface area contributed by atoms with Crippen molar-refractivity contribution in [3.8, 4) is 5.75 Å². The lowest BCUT2D eigenvalue weighted by atomic mass is 10.1. The van der Waals surface area contributed by atoms with E-state index in [1.54, 1.807) is 0 Å². The molecule has 0 radical (unpaired) electrons. The molecule has 29 heavy (non-hydrogen) atoms. The van der Waals surface area contributed by atoms with Gasteiger partial charge in [-0.3, -0.25) is 4.79 Å². The molecular weight excluding hydrogens is 366 g/mol. The second-order valence-corrected chi connectivity index (χ2v) is 7.85. The first-order chi connectivity index (χ1) is 14.0. The number of carbonyl (C=O) groups is 1. The zero-order valence-corrected chi connectivity index (χ0v) is 17.4. The summed E-state index contributed by atoms with van der Waals surface area (Å²) in [6.45, 7) is 8.93. The topological polar surface area (TPSA) is 54.0 Å². The minimum absolute atomic E-state index is 0.0161. The molecule has 0 aromatic heterocycles. The standard InChI is InChI=1S/C23H29N3O3/c1-4-11-26-21-10-7-19(12-22(21)28-15-23(26)27)24-18-5-8-20(9-6-18)25-13-16(2)29-17(3)14-25/h5-10,12,16-17,24H,4,11,13-15H2,1-3H3. The summed E-state index contributed by atoms with van der Waals surface area (Å²) in [5.74, 6) is 0.762. The predicted octanol–water partition coefficient (Wildman–Crippen LogP) is 4.18. The third kappa shape index (κ3) is 4.32. The maximum absolute atomic E-state index is 12.1. The number of morpholine rings is 1. The van der Waals surface area contributed by atoms with Crippen LogP contribution >= 0.6 is 0 Å². The number of nitrogens with zero attached hydrogens (tertiary/aromatic N) is 2. The van der Waals surface area contributed by atoms with E-state index < -0.39 is 0 Å². The van der Waals surface area contributed by atoms with Crippen LogP contribution in [0.3, 0.4) is 0 Å². The van der Waals surface area contributed by atoms with Crippen LogP contribution in [0.25, 0.3) is 0 Å². The number of hydrogen-bond acceptors (Lipinski definition) is 5. The fraction of sp³-hybridized carbons (Fsp3) is 0.435. The second kappa shape index (κ2) is 8.33. The number of carbonyl (C=O) groups excluding carboxylic acids is 1. The molecule has 0 saturated carbocycles. The lowest BCUT2D eigenvalue weighted by Gasteiger charge is -2.36. The van der Waals surface area contributed by atoms with Gasteiger partial charge < -0.3 is 24.6 Å². The van der Waals surface area contributed by atoms with Gasteiger partial charge in [-0.1, -0.05) is 6.92 Å². The molecule has 2 aliphatic heterocycles. The summed E-state index contributed by atoms with van der Waals surface area (Å²) in [6.07, 6.45) is 1.40. The van der Waals surface area contributed by atoms with E-state index in [0.29, 0.717) is 6.54 Å². The molecule has 2 heterocycles. The molecular formula is C23H29N3O3. The number of anilines is 4. The molecule has 2 aromatic rings. The number of amides is 1. The third-order valence-electron chi connectivity index (χ3n) is 5.29. The van der Waals surface area contributed by atoms with Gasteiger partial charge >= 0.3 is 0 Å². The molecule has 1 amide bonds. The highest BCUT2D eigenvalue weighted by atomic mass is 16.5. The minimum Gasteiger partial charge on any atom is -0.481 e. The number of ether oxygens (including phenoxy) is 2. The van der Waals surface area contributed by atoms with Gasteiger partial charge in [0, 0.05) is 42.8 Å². The quantitative estimate of drug-likeness (QED) is 0.823. The highest BCUT2D eigenvalue weighted by molar-refractivity contribution is 5.98. The average Bonchev–Trinajstić information content (AvgIpc) is 2.70. The van der Waals surface area contributed by atoms with Crippen LogP contribution in [-0.2, 0) is 9.53 Å².